The summed E-state index contributed by atoms with van der Waals surface area (Å²) < 4.78 is 23.3. The molecule has 0 saturated carbocycles. The maximum atomic E-state index is 11.9. The van der Waals surface area contributed by atoms with Crippen LogP contribution >= 0.6 is 0 Å². The zero-order valence-corrected chi connectivity index (χ0v) is 10.9. The smallest absolute Gasteiger partial charge is 0.259 e. The fourth-order valence-electron chi connectivity index (χ4n) is 1.68. The first-order chi connectivity index (χ1) is 8.30. The van der Waals surface area contributed by atoms with Gasteiger partial charge in [0, 0.05) is 6.20 Å². The minimum atomic E-state index is -3.55. The van der Waals surface area contributed by atoms with Gasteiger partial charge in [0.2, 0.25) is 0 Å². The minimum absolute atomic E-state index is 0.00243. The number of nitrogens with zero attached hydrogens (tertiary/aromatic N) is 2. The Kier molecular flexibility index (Phi) is 2.78. The topological polar surface area (TPSA) is 105 Å². The minimum Gasteiger partial charge on any atom is -0.308 e. The summed E-state index contributed by atoms with van der Waals surface area (Å²) in [5.41, 5.74) is 2.99. The molecule has 2 rings (SSSR count). The summed E-state index contributed by atoms with van der Waals surface area (Å²) in [6, 6.07) is 3.27. The number of nitrogens with two attached hydrogens (primary N) is 1. The van der Waals surface area contributed by atoms with Crippen LogP contribution in [-0.2, 0) is 21.4 Å². The SMILES string of the molecule is CC1(C)C(=O)N(Cc2ccc(NN)nc2)S1(=O)=O. The molecule has 8 heteroatoms. The van der Waals surface area contributed by atoms with E-state index < -0.39 is 20.7 Å². The van der Waals surface area contributed by atoms with E-state index in [0.717, 1.165) is 4.31 Å². The van der Waals surface area contributed by atoms with Crippen molar-refractivity contribution in [1.29, 1.82) is 0 Å². The van der Waals surface area contributed by atoms with Crippen molar-refractivity contribution in [1.82, 2.24) is 9.29 Å². The fraction of sp³-hybridized carbons (Fsp3) is 0.400. The molecule has 0 unspecified atom stereocenters. The number of anilines is 1. The van der Waals surface area contributed by atoms with Crippen molar-refractivity contribution in [2.75, 3.05) is 5.43 Å². The second-order valence-electron chi connectivity index (χ2n) is 4.52. The number of carbonyl (C=O) groups excluding carboxylic acids is 1. The van der Waals surface area contributed by atoms with Gasteiger partial charge in [-0.15, -0.1) is 0 Å². The van der Waals surface area contributed by atoms with Gasteiger partial charge < -0.3 is 5.43 Å². The first-order valence-electron chi connectivity index (χ1n) is 5.29. The zero-order chi connectivity index (χ0) is 13.6. The number of pyridine rings is 1. The van der Waals surface area contributed by atoms with Crippen molar-refractivity contribution in [2.24, 2.45) is 5.84 Å². The van der Waals surface area contributed by atoms with Crippen LogP contribution in [0.3, 0.4) is 0 Å². The van der Waals surface area contributed by atoms with Crippen LogP contribution in [0.1, 0.15) is 19.4 Å². The molecule has 0 spiro atoms. The van der Waals surface area contributed by atoms with Crippen LogP contribution in [0, 0.1) is 0 Å². The third-order valence-corrected chi connectivity index (χ3v) is 5.31. The van der Waals surface area contributed by atoms with Crippen LogP contribution in [0.2, 0.25) is 0 Å². The standard InChI is InChI=1S/C10H14N4O3S/c1-10(2)9(15)14(18(10,16)17)6-7-3-4-8(13-11)12-5-7/h3-5H,6,11H2,1-2H3,(H,12,13). The molecule has 18 heavy (non-hydrogen) atoms. The molecule has 1 aromatic rings. The molecular weight excluding hydrogens is 256 g/mol. The molecule has 3 N–H and O–H groups in total. The number of amides is 1. The number of rotatable bonds is 3. The average Bonchev–Trinajstić information content (AvgIpc) is 2.35. The lowest BCUT2D eigenvalue weighted by Gasteiger charge is -2.42. The first kappa shape index (κ1) is 12.8. The fourth-order valence-corrected chi connectivity index (χ4v) is 3.20. The normalized spacial score (nSPS) is 20.4. The van der Waals surface area contributed by atoms with Gasteiger partial charge >= 0.3 is 0 Å². The molecule has 1 aromatic heterocycles. The molecule has 1 aliphatic rings. The molecule has 2 heterocycles. The van der Waals surface area contributed by atoms with Crippen molar-refractivity contribution < 1.29 is 13.2 Å². The zero-order valence-electron chi connectivity index (χ0n) is 10.0. The largest absolute Gasteiger partial charge is 0.308 e. The van der Waals surface area contributed by atoms with Gasteiger partial charge in [-0.1, -0.05) is 6.07 Å². The summed E-state index contributed by atoms with van der Waals surface area (Å²) in [5, 5.41) is 0. The lowest BCUT2D eigenvalue weighted by Crippen LogP contribution is -2.66. The molecule has 1 amide bonds. The maximum absolute atomic E-state index is 11.9. The Hall–Kier alpha value is -1.67. The van der Waals surface area contributed by atoms with Gasteiger partial charge in [0.25, 0.3) is 15.9 Å². The van der Waals surface area contributed by atoms with Gasteiger partial charge in [-0.25, -0.2) is 23.5 Å². The van der Waals surface area contributed by atoms with E-state index in [1.807, 2.05) is 0 Å². The Labute approximate surface area is 105 Å². The Morgan fingerprint density at radius 3 is 2.56 bits per heavy atom. The highest BCUT2D eigenvalue weighted by Crippen LogP contribution is 2.35. The van der Waals surface area contributed by atoms with Gasteiger partial charge in [-0.2, -0.15) is 0 Å². The molecule has 98 valence electrons. The molecule has 0 aliphatic carbocycles. The molecule has 1 aliphatic heterocycles. The highest BCUT2D eigenvalue weighted by atomic mass is 32.2. The van der Waals surface area contributed by atoms with Gasteiger partial charge in [0.05, 0.1) is 6.54 Å². The summed E-state index contributed by atoms with van der Waals surface area (Å²) in [5.74, 6) is 5.24. The van der Waals surface area contributed by atoms with E-state index in [1.54, 1.807) is 12.1 Å². The number of sulfonamides is 1. The van der Waals surface area contributed by atoms with Gasteiger partial charge in [0.1, 0.15) is 5.82 Å². The van der Waals surface area contributed by atoms with Crippen LogP contribution in [0.25, 0.3) is 0 Å². The van der Waals surface area contributed by atoms with Gasteiger partial charge in [0.15, 0.2) is 4.75 Å². The number of aromatic nitrogens is 1. The highest BCUT2D eigenvalue weighted by Gasteiger charge is 2.59. The van der Waals surface area contributed by atoms with Crippen LogP contribution in [0.15, 0.2) is 18.3 Å². The van der Waals surface area contributed by atoms with E-state index in [-0.39, 0.29) is 6.54 Å². The van der Waals surface area contributed by atoms with E-state index in [4.69, 9.17) is 5.84 Å². The third-order valence-electron chi connectivity index (χ3n) is 2.98. The number of carbonyl (C=O) groups is 1. The van der Waals surface area contributed by atoms with Crippen molar-refractivity contribution in [3.8, 4) is 0 Å². The molecule has 1 saturated heterocycles. The monoisotopic (exact) mass is 270 g/mol. The Morgan fingerprint density at radius 1 is 1.44 bits per heavy atom. The summed E-state index contributed by atoms with van der Waals surface area (Å²) in [6.07, 6.45) is 1.48. The predicted molar refractivity (Wildman–Crippen MR) is 65.6 cm³/mol. The number of hydrogen-bond donors (Lipinski definition) is 2. The molecule has 0 atom stereocenters. The highest BCUT2D eigenvalue weighted by molar-refractivity contribution is 7.94. The second kappa shape index (κ2) is 3.92. The van der Waals surface area contributed by atoms with Crippen molar-refractivity contribution >= 4 is 21.7 Å². The molecule has 1 fully saturated rings. The number of hydrazine groups is 1. The van der Waals surface area contributed by atoms with Crippen LogP contribution in [-0.4, -0.2) is 28.4 Å². The Bertz CT molecular complexity index is 580. The predicted octanol–water partition coefficient (Wildman–Crippen LogP) is -0.182. The second-order valence-corrected chi connectivity index (χ2v) is 6.93. The van der Waals surface area contributed by atoms with Crippen LogP contribution in [0.5, 0.6) is 0 Å². The quantitative estimate of drug-likeness (QED) is 0.583. The summed E-state index contributed by atoms with van der Waals surface area (Å²) >= 11 is 0. The average molecular weight is 270 g/mol. The van der Waals surface area contributed by atoms with E-state index >= 15 is 0 Å². The van der Waals surface area contributed by atoms with Crippen LogP contribution < -0.4 is 11.3 Å². The lowest BCUT2D eigenvalue weighted by atomic mass is 10.1. The van der Waals surface area contributed by atoms with Crippen molar-refractivity contribution in [3.05, 3.63) is 23.9 Å². The van der Waals surface area contributed by atoms with Crippen molar-refractivity contribution in [2.45, 2.75) is 25.1 Å². The van der Waals surface area contributed by atoms with E-state index in [0.29, 0.717) is 11.4 Å². The summed E-state index contributed by atoms with van der Waals surface area (Å²) in [7, 11) is -3.55. The van der Waals surface area contributed by atoms with Gasteiger partial charge in [-0.3, -0.25) is 4.79 Å². The molecule has 0 aromatic carbocycles. The summed E-state index contributed by atoms with van der Waals surface area (Å²) in [6.45, 7) is 2.81. The molecule has 7 nitrogen and oxygen atoms in total. The maximum Gasteiger partial charge on any atom is 0.259 e. The molecule has 0 bridgehead atoms. The number of nitrogen functional groups attached to an aromatic ring is 1. The van der Waals surface area contributed by atoms with Gasteiger partial charge in [-0.05, 0) is 25.5 Å². The van der Waals surface area contributed by atoms with E-state index in [1.165, 1.54) is 20.0 Å². The van der Waals surface area contributed by atoms with Crippen LogP contribution in [0.4, 0.5) is 5.82 Å². The number of nitrogens with one attached hydrogen (secondary N) is 1. The van der Waals surface area contributed by atoms with Crippen molar-refractivity contribution in [3.63, 3.8) is 0 Å². The summed E-state index contributed by atoms with van der Waals surface area (Å²) in [4.78, 5) is 15.7. The van der Waals surface area contributed by atoms with E-state index in [9.17, 15) is 13.2 Å². The Morgan fingerprint density at radius 2 is 2.11 bits per heavy atom. The first-order valence-corrected chi connectivity index (χ1v) is 6.73. The molecule has 0 radical (unpaired) electrons. The lowest BCUT2D eigenvalue weighted by molar-refractivity contribution is -0.132. The number of hydrogen-bond acceptors (Lipinski definition) is 6. The molecular formula is C10H14N4O3S. The third kappa shape index (κ3) is 1.65. The van der Waals surface area contributed by atoms with E-state index in [2.05, 4.69) is 10.4 Å². The Balaban J connectivity index is 2.18.